The molecule has 0 aromatic carbocycles. The van der Waals surface area contributed by atoms with Gasteiger partial charge < -0.3 is 10.2 Å². The van der Waals surface area contributed by atoms with Gasteiger partial charge >= 0.3 is 0 Å². The van der Waals surface area contributed by atoms with Gasteiger partial charge in [-0.1, -0.05) is 124 Å². The Morgan fingerprint density at radius 3 is 1.17 bits per heavy atom. The Hall–Kier alpha value is -0.0800. The van der Waals surface area contributed by atoms with Crippen LogP contribution in [0.4, 0.5) is 0 Å². The summed E-state index contributed by atoms with van der Waals surface area (Å²) in [4.78, 5) is 2.55. The zero-order chi connectivity index (χ0) is 22.7. The van der Waals surface area contributed by atoms with Crippen molar-refractivity contribution in [3.05, 3.63) is 0 Å². The maximum absolute atomic E-state index is 3.25. The maximum Gasteiger partial charge on any atom is 0.00613 e. The minimum atomic E-state index is 0.750. The molecule has 1 unspecified atom stereocenters. The minimum Gasteiger partial charge on any atom is -0.317 e. The van der Waals surface area contributed by atoms with Crippen LogP contribution in [0.1, 0.15) is 150 Å². The number of nitrogens with one attached hydrogen (secondary N) is 1. The lowest BCUT2D eigenvalue weighted by molar-refractivity contribution is 0.314. The second-order valence-corrected chi connectivity index (χ2v) is 9.44. The summed E-state index contributed by atoms with van der Waals surface area (Å²) >= 11 is 0. The summed E-state index contributed by atoms with van der Waals surface area (Å²) in [5.41, 5.74) is 0. The molecular formula is C28H62N2. The molecule has 0 spiro atoms. The average molecular weight is 427 g/mol. The van der Waals surface area contributed by atoms with Crippen molar-refractivity contribution in [3.8, 4) is 0 Å². The molecule has 1 atom stereocenters. The van der Waals surface area contributed by atoms with Gasteiger partial charge in [0.2, 0.25) is 0 Å². The first-order chi connectivity index (χ1) is 14.7. The zero-order valence-corrected chi connectivity index (χ0v) is 22.4. The molecule has 0 aliphatic rings. The van der Waals surface area contributed by atoms with Crippen molar-refractivity contribution in [2.75, 3.05) is 27.2 Å². The van der Waals surface area contributed by atoms with Gasteiger partial charge in [0, 0.05) is 6.04 Å². The quantitative estimate of drug-likeness (QED) is 0.174. The van der Waals surface area contributed by atoms with Crippen LogP contribution in [-0.4, -0.2) is 38.1 Å². The molecule has 0 aromatic heterocycles. The Bertz CT molecular complexity index is 256. The lowest BCUT2D eigenvalue weighted by Crippen LogP contribution is -2.23. The summed E-state index contributed by atoms with van der Waals surface area (Å²) in [6, 6.07) is 0.750. The third-order valence-corrected chi connectivity index (χ3v) is 6.32. The number of rotatable bonds is 22. The van der Waals surface area contributed by atoms with Gasteiger partial charge in [0.15, 0.2) is 0 Å². The molecule has 2 nitrogen and oxygen atoms in total. The van der Waals surface area contributed by atoms with Gasteiger partial charge in [-0.2, -0.15) is 0 Å². The molecule has 0 saturated heterocycles. The van der Waals surface area contributed by atoms with Crippen LogP contribution in [-0.2, 0) is 0 Å². The van der Waals surface area contributed by atoms with E-state index in [9.17, 15) is 0 Å². The van der Waals surface area contributed by atoms with Crippen LogP contribution in [0.5, 0.6) is 0 Å². The van der Waals surface area contributed by atoms with E-state index in [2.05, 4.69) is 45.0 Å². The normalized spacial score (nSPS) is 12.1. The fraction of sp³-hybridized carbons (Fsp3) is 1.00. The molecule has 0 radical (unpaired) electrons. The topological polar surface area (TPSA) is 15.3 Å². The molecule has 0 bridgehead atoms. The van der Waals surface area contributed by atoms with E-state index >= 15 is 0 Å². The van der Waals surface area contributed by atoms with Gasteiger partial charge in [-0.3, -0.25) is 0 Å². The maximum atomic E-state index is 3.25. The number of hydrogen-bond acceptors (Lipinski definition) is 2. The van der Waals surface area contributed by atoms with Crippen LogP contribution >= 0.6 is 0 Å². The van der Waals surface area contributed by atoms with E-state index in [-0.39, 0.29) is 0 Å². The van der Waals surface area contributed by atoms with Crippen LogP contribution in [0.2, 0.25) is 0 Å². The Kier molecular flexibility index (Phi) is 30.9. The standard InChI is InChI=1S/C21H45N.C7H17N/c1-4-6-8-10-12-14-16-18-20-22(3)21-19-17-15-13-11-9-7-5-2;1-4-6-7(5-2)8-3/h4-21H2,1-3H3;7-8H,4-6H2,1-3H3. The van der Waals surface area contributed by atoms with Crippen molar-refractivity contribution >= 4 is 0 Å². The predicted octanol–water partition coefficient (Wildman–Crippen LogP) is 8.98. The van der Waals surface area contributed by atoms with E-state index < -0.39 is 0 Å². The summed E-state index contributed by atoms with van der Waals surface area (Å²) in [6.07, 6.45) is 26.8. The second kappa shape index (κ2) is 28.9. The van der Waals surface area contributed by atoms with Gasteiger partial charge in [-0.15, -0.1) is 0 Å². The van der Waals surface area contributed by atoms with Gasteiger partial charge in [0.25, 0.3) is 0 Å². The molecule has 2 heteroatoms. The molecule has 0 fully saturated rings. The second-order valence-electron chi connectivity index (χ2n) is 9.44. The van der Waals surface area contributed by atoms with Gasteiger partial charge in [-0.05, 0) is 52.9 Å². The molecule has 1 N–H and O–H groups in total. The number of hydrogen-bond donors (Lipinski definition) is 1. The molecule has 0 rings (SSSR count). The van der Waals surface area contributed by atoms with Crippen molar-refractivity contribution in [1.29, 1.82) is 0 Å². The highest BCUT2D eigenvalue weighted by Gasteiger charge is 1.99. The van der Waals surface area contributed by atoms with E-state index in [1.807, 2.05) is 7.05 Å². The molecule has 0 heterocycles. The summed E-state index contributed by atoms with van der Waals surface area (Å²) < 4.78 is 0. The molecule has 0 amide bonds. The third kappa shape index (κ3) is 27.9. The van der Waals surface area contributed by atoms with E-state index in [4.69, 9.17) is 0 Å². The highest BCUT2D eigenvalue weighted by molar-refractivity contribution is 4.59. The predicted molar refractivity (Wildman–Crippen MR) is 141 cm³/mol. The molecular weight excluding hydrogens is 364 g/mol. The average Bonchev–Trinajstić information content (AvgIpc) is 2.76. The summed E-state index contributed by atoms with van der Waals surface area (Å²) in [7, 11) is 4.34. The number of unbranched alkanes of at least 4 members (excludes halogenated alkanes) is 14. The zero-order valence-electron chi connectivity index (χ0n) is 22.4. The van der Waals surface area contributed by atoms with E-state index in [1.165, 1.54) is 135 Å². The highest BCUT2D eigenvalue weighted by atomic mass is 15.1. The Balaban J connectivity index is 0. The van der Waals surface area contributed by atoms with Crippen LogP contribution in [0.15, 0.2) is 0 Å². The first kappa shape index (κ1) is 32.1. The van der Waals surface area contributed by atoms with Gasteiger partial charge in [0.05, 0.1) is 0 Å². The Labute approximate surface area is 193 Å². The lowest BCUT2D eigenvalue weighted by Gasteiger charge is -2.16. The summed E-state index contributed by atoms with van der Waals surface area (Å²) in [5, 5.41) is 3.25. The van der Waals surface area contributed by atoms with Crippen LogP contribution in [0.25, 0.3) is 0 Å². The SMILES string of the molecule is CCCC(CC)NC.CCCCCCCCCCN(C)CCCCCCCCCC. The van der Waals surface area contributed by atoms with Crippen molar-refractivity contribution in [2.24, 2.45) is 0 Å². The molecule has 0 aliphatic carbocycles. The third-order valence-electron chi connectivity index (χ3n) is 6.32. The van der Waals surface area contributed by atoms with E-state index in [0.29, 0.717) is 0 Å². The Morgan fingerprint density at radius 2 is 0.900 bits per heavy atom. The highest BCUT2D eigenvalue weighted by Crippen LogP contribution is 2.10. The molecule has 30 heavy (non-hydrogen) atoms. The first-order valence-corrected chi connectivity index (χ1v) is 14.0. The first-order valence-electron chi connectivity index (χ1n) is 14.0. The van der Waals surface area contributed by atoms with Crippen LogP contribution in [0, 0.1) is 0 Å². The lowest BCUT2D eigenvalue weighted by atomic mass is 10.1. The number of nitrogens with zero attached hydrogens (tertiary/aromatic N) is 1. The smallest absolute Gasteiger partial charge is 0.00613 e. The van der Waals surface area contributed by atoms with Crippen molar-refractivity contribution in [3.63, 3.8) is 0 Å². The monoisotopic (exact) mass is 426 g/mol. The van der Waals surface area contributed by atoms with Crippen LogP contribution < -0.4 is 5.32 Å². The molecule has 184 valence electrons. The van der Waals surface area contributed by atoms with Crippen molar-refractivity contribution in [2.45, 2.75) is 156 Å². The fourth-order valence-electron chi connectivity index (χ4n) is 4.04. The fourth-order valence-corrected chi connectivity index (χ4v) is 4.04. The van der Waals surface area contributed by atoms with E-state index in [1.54, 1.807) is 0 Å². The van der Waals surface area contributed by atoms with Gasteiger partial charge in [0.1, 0.15) is 0 Å². The van der Waals surface area contributed by atoms with Crippen molar-refractivity contribution in [1.82, 2.24) is 10.2 Å². The molecule has 0 saturated carbocycles. The molecule has 0 aliphatic heterocycles. The summed E-state index contributed by atoms with van der Waals surface area (Å²) in [5.74, 6) is 0. The molecule has 0 aromatic rings. The van der Waals surface area contributed by atoms with Gasteiger partial charge in [-0.25, -0.2) is 0 Å². The van der Waals surface area contributed by atoms with E-state index in [0.717, 1.165) is 6.04 Å². The van der Waals surface area contributed by atoms with Crippen LogP contribution in [0.3, 0.4) is 0 Å². The summed E-state index contributed by atoms with van der Waals surface area (Å²) in [6.45, 7) is 11.7. The largest absolute Gasteiger partial charge is 0.317 e. The van der Waals surface area contributed by atoms with Crippen molar-refractivity contribution < 1.29 is 0 Å². The Morgan fingerprint density at radius 1 is 0.533 bits per heavy atom. The minimum absolute atomic E-state index is 0.750.